The van der Waals surface area contributed by atoms with E-state index in [4.69, 9.17) is 0 Å². The minimum absolute atomic E-state index is 0. The van der Waals surface area contributed by atoms with Crippen LogP contribution < -0.4 is 0 Å². The van der Waals surface area contributed by atoms with Gasteiger partial charge >= 0.3 is 23.1 Å². The molecule has 0 aliphatic carbocycles. The summed E-state index contributed by atoms with van der Waals surface area (Å²) in [5.74, 6) is 0. The summed E-state index contributed by atoms with van der Waals surface area (Å²) < 4.78 is 0. The molecule has 0 spiro atoms. The van der Waals surface area contributed by atoms with Crippen LogP contribution in [0.1, 0.15) is 0 Å². The number of hydrogen-bond acceptors (Lipinski definition) is 0. The molecular weight excluding hydrogens is 168 g/mol. The van der Waals surface area contributed by atoms with Crippen molar-refractivity contribution in [2.75, 3.05) is 0 Å². The summed E-state index contributed by atoms with van der Waals surface area (Å²) in [4.78, 5) is 0. The molecule has 0 aromatic heterocycles. The van der Waals surface area contributed by atoms with Gasteiger partial charge in [0.25, 0.3) is 0 Å². The molecule has 0 aromatic carbocycles. The Balaban J connectivity index is 0. The average Bonchev–Trinajstić information content (AvgIpc) is 0. The van der Waals surface area contributed by atoms with Crippen LogP contribution in [0.4, 0.5) is 0 Å². The van der Waals surface area contributed by atoms with E-state index in [9.17, 15) is 0 Å². The summed E-state index contributed by atoms with van der Waals surface area (Å²) in [7, 11) is 0. The van der Waals surface area contributed by atoms with E-state index < -0.39 is 0 Å². The molecular formula is H9AlMgSiY. The Labute approximate surface area is 82.7 Å². The first kappa shape index (κ1) is 30.5. The van der Waals surface area contributed by atoms with Gasteiger partial charge in [-0.2, -0.15) is 0 Å². The predicted octanol–water partition coefficient (Wildman–Crippen LogP) is -3.55. The first-order valence-corrected chi connectivity index (χ1v) is 0. The van der Waals surface area contributed by atoms with E-state index in [0.29, 0.717) is 0 Å². The van der Waals surface area contributed by atoms with Crippen LogP contribution in [-0.4, -0.2) is 51.4 Å². The summed E-state index contributed by atoms with van der Waals surface area (Å²) in [6.45, 7) is 0. The van der Waals surface area contributed by atoms with Gasteiger partial charge in [-0.15, -0.1) is 0 Å². The van der Waals surface area contributed by atoms with Crippen LogP contribution in [0.15, 0.2) is 0 Å². The van der Waals surface area contributed by atoms with Crippen molar-refractivity contribution in [2.45, 2.75) is 0 Å². The van der Waals surface area contributed by atoms with Crippen LogP contribution in [0.3, 0.4) is 0 Å². The van der Waals surface area contributed by atoms with Crippen LogP contribution in [-0.2, 0) is 32.7 Å². The first-order valence-electron chi connectivity index (χ1n) is 0. The van der Waals surface area contributed by atoms with Gasteiger partial charge in [-0.3, -0.25) is 0 Å². The van der Waals surface area contributed by atoms with Crippen molar-refractivity contribution >= 4 is 51.4 Å². The molecule has 0 saturated carbocycles. The molecule has 0 amide bonds. The van der Waals surface area contributed by atoms with E-state index in [1.54, 1.807) is 0 Å². The monoisotopic (exact) mass is 177 g/mol. The van der Waals surface area contributed by atoms with Gasteiger partial charge in [0.2, 0.25) is 0 Å². The Morgan fingerprint density at radius 1 is 1.00 bits per heavy atom. The van der Waals surface area contributed by atoms with E-state index in [-0.39, 0.29) is 84.1 Å². The third-order valence-corrected chi connectivity index (χ3v) is 0. The quantitative estimate of drug-likeness (QED) is 0.336. The standard InChI is InChI=1S/Al.Mg.H4Si.Y.5H/h;;1H4;;;;;;. The molecule has 1 radical (unpaired) electrons. The van der Waals surface area contributed by atoms with Crippen LogP contribution in [0.25, 0.3) is 0 Å². The van der Waals surface area contributed by atoms with Gasteiger partial charge in [-0.25, -0.2) is 0 Å². The SMILES string of the molecule is [AlH3].[MgH2].[SiH4].[Y]. The van der Waals surface area contributed by atoms with Gasteiger partial charge in [0.05, 0.1) is 0 Å². The predicted molar refractivity (Wildman–Crippen MR) is 29.8 cm³/mol. The Morgan fingerprint density at radius 2 is 1.00 bits per heavy atom. The van der Waals surface area contributed by atoms with Crippen molar-refractivity contribution in [3.63, 3.8) is 0 Å². The Kier molecular flexibility index (Phi) is 133. The first-order chi connectivity index (χ1) is 0. The smallest absolute Gasteiger partial charge is 0.0149 e. The van der Waals surface area contributed by atoms with Crippen LogP contribution in [0.2, 0.25) is 0 Å². The van der Waals surface area contributed by atoms with Gasteiger partial charge in [0.15, 0.2) is 17.4 Å². The van der Waals surface area contributed by atoms with Crippen molar-refractivity contribution in [3.05, 3.63) is 0 Å². The van der Waals surface area contributed by atoms with E-state index in [0.717, 1.165) is 0 Å². The summed E-state index contributed by atoms with van der Waals surface area (Å²) in [6.07, 6.45) is 0. The fourth-order valence-electron chi connectivity index (χ4n) is 0. The second-order valence-corrected chi connectivity index (χ2v) is 0. The minimum atomic E-state index is 0. The van der Waals surface area contributed by atoms with Gasteiger partial charge in [-0.05, 0) is 11.0 Å². The van der Waals surface area contributed by atoms with Crippen LogP contribution in [0, 0.1) is 0 Å². The molecule has 0 bridgehead atoms. The molecule has 0 heterocycles. The molecule has 0 saturated heterocycles. The summed E-state index contributed by atoms with van der Waals surface area (Å²) in [6, 6.07) is 0. The zero-order valence-corrected chi connectivity index (χ0v) is 3.42. The van der Waals surface area contributed by atoms with E-state index in [1.807, 2.05) is 0 Å². The van der Waals surface area contributed by atoms with Gasteiger partial charge in [-0.1, -0.05) is 0 Å². The Morgan fingerprint density at radius 3 is 1.00 bits per heavy atom. The second kappa shape index (κ2) is 17.5. The van der Waals surface area contributed by atoms with Crippen molar-refractivity contribution in [2.24, 2.45) is 0 Å². The van der Waals surface area contributed by atoms with E-state index in [1.165, 1.54) is 0 Å². The maximum atomic E-state index is 0. The Bertz CT molecular complexity index is 8.00. The molecule has 0 nitrogen and oxygen atoms in total. The molecule has 0 atom stereocenters. The molecule has 0 aromatic rings. The molecule has 0 rings (SSSR count). The average molecular weight is 177 g/mol. The maximum absolute atomic E-state index is 0. The largest absolute Gasteiger partial charge is 0.316 e. The van der Waals surface area contributed by atoms with E-state index in [2.05, 4.69) is 0 Å². The molecule has 0 unspecified atom stereocenters. The third-order valence-electron chi connectivity index (χ3n) is 0. The zero-order valence-electron chi connectivity index (χ0n) is 0.577. The number of hydrogen-bond donors (Lipinski definition) is 0. The molecule has 4 heteroatoms. The van der Waals surface area contributed by atoms with Crippen LogP contribution >= 0.6 is 0 Å². The van der Waals surface area contributed by atoms with Crippen molar-refractivity contribution < 1.29 is 32.7 Å². The minimum Gasteiger partial charge on any atom is -0.0149 e. The molecule has 0 aliphatic heterocycles. The normalized spacial score (nSPS) is 0. The van der Waals surface area contributed by atoms with Gasteiger partial charge < -0.3 is 0 Å². The zero-order chi connectivity index (χ0) is 0. The van der Waals surface area contributed by atoms with Gasteiger partial charge in [0, 0.05) is 32.7 Å². The Hall–Kier alpha value is 2.62. The fraction of sp³-hybridized carbons (Fsp3) is 0. The van der Waals surface area contributed by atoms with Crippen molar-refractivity contribution in [1.29, 1.82) is 0 Å². The second-order valence-electron chi connectivity index (χ2n) is 0. The third kappa shape index (κ3) is 8.82. The van der Waals surface area contributed by atoms with Crippen molar-refractivity contribution in [3.8, 4) is 0 Å². The molecule has 0 aliphatic rings. The van der Waals surface area contributed by atoms with E-state index >= 15 is 0 Å². The topological polar surface area (TPSA) is 0 Å². The maximum Gasteiger partial charge on any atom is 0.316 e. The van der Waals surface area contributed by atoms with Crippen LogP contribution in [0.5, 0.6) is 0 Å². The van der Waals surface area contributed by atoms with Crippen molar-refractivity contribution in [1.82, 2.24) is 0 Å². The van der Waals surface area contributed by atoms with Gasteiger partial charge in [0.1, 0.15) is 0 Å². The summed E-state index contributed by atoms with van der Waals surface area (Å²) >= 11 is 0. The summed E-state index contributed by atoms with van der Waals surface area (Å²) in [5.41, 5.74) is 0. The fourth-order valence-corrected chi connectivity index (χ4v) is 0. The number of rotatable bonds is 0. The molecule has 0 fully saturated rings. The molecule has 21 valence electrons. The molecule has 4 heavy (non-hydrogen) atoms. The summed E-state index contributed by atoms with van der Waals surface area (Å²) in [5, 5.41) is 0. The molecule has 0 N–H and O–H groups in total.